The van der Waals surface area contributed by atoms with Crippen LogP contribution < -0.4 is 4.72 Å². The van der Waals surface area contributed by atoms with Crippen LogP contribution in [-0.2, 0) is 16.6 Å². The Balaban J connectivity index is 2.09. The van der Waals surface area contributed by atoms with Crippen LogP contribution in [0.25, 0.3) is 0 Å². The molecule has 1 aliphatic carbocycles. The third kappa shape index (κ3) is 2.19. The van der Waals surface area contributed by atoms with Gasteiger partial charge >= 0.3 is 0 Å². The summed E-state index contributed by atoms with van der Waals surface area (Å²) in [7, 11) is -3.64. The van der Waals surface area contributed by atoms with Crippen molar-refractivity contribution < 1.29 is 13.5 Å². The molecule has 1 aromatic heterocycles. The molecule has 1 heterocycles. The van der Waals surface area contributed by atoms with Crippen molar-refractivity contribution in [3.8, 4) is 0 Å². The number of aliphatic hydroxyl groups is 1. The van der Waals surface area contributed by atoms with Gasteiger partial charge in [-0.15, -0.1) is 0 Å². The van der Waals surface area contributed by atoms with Gasteiger partial charge in [0.15, 0.2) is 5.03 Å². The molecule has 0 unspecified atom stereocenters. The topological polar surface area (TPSA) is 95.1 Å². The molecule has 1 saturated carbocycles. The van der Waals surface area contributed by atoms with Crippen molar-refractivity contribution >= 4 is 10.0 Å². The largest absolute Gasteiger partial charge is 0.392 e. The Morgan fingerprint density at radius 2 is 1.95 bits per heavy atom. The number of aliphatic hydroxyl groups excluding tert-OH is 1. The van der Waals surface area contributed by atoms with E-state index in [1.165, 1.54) is 6.20 Å². The molecule has 0 amide bonds. The second kappa shape index (κ2) is 4.29. The highest BCUT2D eigenvalue weighted by Gasteiger charge is 2.64. The normalized spacial score (nSPS) is 21.5. The van der Waals surface area contributed by atoms with E-state index in [0.29, 0.717) is 12.5 Å². The summed E-state index contributed by atoms with van der Waals surface area (Å²) in [5.41, 5.74) is 0.536. The third-order valence-electron chi connectivity index (χ3n) is 4.91. The molecule has 108 valence electrons. The fourth-order valence-electron chi connectivity index (χ4n) is 2.75. The van der Waals surface area contributed by atoms with Gasteiger partial charge in [0, 0.05) is 12.1 Å². The van der Waals surface area contributed by atoms with Crippen molar-refractivity contribution in [1.82, 2.24) is 14.9 Å². The molecule has 1 aliphatic rings. The van der Waals surface area contributed by atoms with Gasteiger partial charge in [-0.05, 0) is 16.7 Å². The standard InChI is InChI=1S/C12H21N3O3S/c1-11(2)9(12(11,3)4)6-14-19(17,18)10-8(7-16)5-13-15-10/h5,9,14,16H,6-7H2,1-4H3,(H,13,15). The molecule has 2 rings (SSSR count). The number of nitrogens with one attached hydrogen (secondary N) is 2. The Hall–Kier alpha value is -0.920. The minimum Gasteiger partial charge on any atom is -0.392 e. The minimum atomic E-state index is -3.64. The molecule has 0 bridgehead atoms. The van der Waals surface area contributed by atoms with Crippen molar-refractivity contribution in [2.24, 2.45) is 16.7 Å². The Bertz CT molecular complexity index is 561. The SMILES string of the molecule is CC1(C)C(CNS(=O)(=O)c2[nH]ncc2CO)C1(C)C. The van der Waals surface area contributed by atoms with Crippen LogP contribution in [0.2, 0.25) is 0 Å². The molecule has 1 aromatic rings. The predicted molar refractivity (Wildman–Crippen MR) is 70.8 cm³/mol. The summed E-state index contributed by atoms with van der Waals surface area (Å²) < 4.78 is 26.9. The summed E-state index contributed by atoms with van der Waals surface area (Å²) in [4.78, 5) is 0. The van der Waals surface area contributed by atoms with E-state index in [0.717, 1.165) is 0 Å². The van der Waals surface area contributed by atoms with Crippen molar-refractivity contribution in [3.63, 3.8) is 0 Å². The second-order valence-corrected chi connectivity index (χ2v) is 7.93. The Morgan fingerprint density at radius 1 is 1.37 bits per heavy atom. The van der Waals surface area contributed by atoms with Crippen LogP contribution in [-0.4, -0.2) is 30.3 Å². The van der Waals surface area contributed by atoms with Gasteiger partial charge in [-0.1, -0.05) is 27.7 Å². The smallest absolute Gasteiger partial charge is 0.257 e. The predicted octanol–water partition coefficient (Wildman–Crippen LogP) is 0.862. The van der Waals surface area contributed by atoms with Gasteiger partial charge in [0.05, 0.1) is 12.8 Å². The zero-order valence-corrected chi connectivity index (χ0v) is 12.5. The Labute approximate surface area is 113 Å². The summed E-state index contributed by atoms with van der Waals surface area (Å²) in [6.45, 7) is 8.60. The highest BCUT2D eigenvalue weighted by atomic mass is 32.2. The number of hydrogen-bond acceptors (Lipinski definition) is 4. The molecule has 6 nitrogen and oxygen atoms in total. The molecule has 1 fully saturated rings. The van der Waals surface area contributed by atoms with Crippen LogP contribution in [0.1, 0.15) is 33.3 Å². The molecular formula is C12H21N3O3S. The number of aromatic amines is 1. The maximum atomic E-state index is 12.1. The first kappa shape index (κ1) is 14.5. The summed E-state index contributed by atoms with van der Waals surface area (Å²) >= 11 is 0. The van der Waals surface area contributed by atoms with Crippen LogP contribution in [0.3, 0.4) is 0 Å². The average molecular weight is 287 g/mol. The van der Waals surface area contributed by atoms with E-state index in [1.807, 2.05) is 0 Å². The van der Waals surface area contributed by atoms with Crippen LogP contribution in [0, 0.1) is 16.7 Å². The highest BCUT2D eigenvalue weighted by Crippen LogP contribution is 2.67. The van der Waals surface area contributed by atoms with Crippen LogP contribution >= 0.6 is 0 Å². The van der Waals surface area contributed by atoms with E-state index in [9.17, 15) is 8.42 Å². The molecule has 7 heteroatoms. The van der Waals surface area contributed by atoms with E-state index >= 15 is 0 Å². The molecular weight excluding hydrogens is 266 g/mol. The zero-order chi connectivity index (χ0) is 14.5. The van der Waals surface area contributed by atoms with E-state index in [-0.39, 0.29) is 28.0 Å². The average Bonchev–Trinajstić information content (AvgIpc) is 2.71. The summed E-state index contributed by atoms with van der Waals surface area (Å²) in [6, 6.07) is 0. The lowest BCUT2D eigenvalue weighted by Gasteiger charge is -2.07. The van der Waals surface area contributed by atoms with Crippen LogP contribution in [0.4, 0.5) is 0 Å². The summed E-state index contributed by atoms with van der Waals surface area (Å²) in [5.74, 6) is 0.301. The number of sulfonamides is 1. The number of aromatic nitrogens is 2. The number of rotatable bonds is 5. The molecule has 0 radical (unpaired) electrons. The van der Waals surface area contributed by atoms with Gasteiger partial charge in [-0.25, -0.2) is 13.1 Å². The Morgan fingerprint density at radius 3 is 2.42 bits per heavy atom. The molecule has 0 aliphatic heterocycles. The first-order chi connectivity index (χ1) is 8.64. The zero-order valence-electron chi connectivity index (χ0n) is 11.7. The number of hydrogen-bond donors (Lipinski definition) is 3. The van der Waals surface area contributed by atoms with Gasteiger partial charge in [0.1, 0.15) is 0 Å². The second-order valence-electron chi connectivity index (χ2n) is 6.23. The first-order valence-corrected chi connectivity index (χ1v) is 7.75. The van der Waals surface area contributed by atoms with Gasteiger partial charge in [0.2, 0.25) is 0 Å². The lowest BCUT2D eigenvalue weighted by atomic mass is 10.0. The van der Waals surface area contributed by atoms with Crippen LogP contribution in [0.5, 0.6) is 0 Å². The van der Waals surface area contributed by atoms with Gasteiger partial charge in [0.25, 0.3) is 10.0 Å². The maximum absolute atomic E-state index is 12.1. The van der Waals surface area contributed by atoms with E-state index in [2.05, 4.69) is 42.6 Å². The van der Waals surface area contributed by atoms with Crippen molar-refractivity contribution in [3.05, 3.63) is 11.8 Å². The quantitative estimate of drug-likeness (QED) is 0.748. The van der Waals surface area contributed by atoms with E-state index < -0.39 is 10.0 Å². The van der Waals surface area contributed by atoms with Gasteiger partial charge in [-0.3, -0.25) is 5.10 Å². The molecule has 0 aromatic carbocycles. The van der Waals surface area contributed by atoms with Crippen LogP contribution in [0.15, 0.2) is 11.2 Å². The van der Waals surface area contributed by atoms with Crippen molar-refractivity contribution in [1.29, 1.82) is 0 Å². The third-order valence-corrected chi connectivity index (χ3v) is 6.35. The number of nitrogens with zero attached hydrogens (tertiary/aromatic N) is 1. The van der Waals surface area contributed by atoms with Crippen molar-refractivity contribution in [2.45, 2.75) is 39.3 Å². The van der Waals surface area contributed by atoms with E-state index in [1.54, 1.807) is 0 Å². The van der Waals surface area contributed by atoms with Gasteiger partial charge in [-0.2, -0.15) is 5.10 Å². The molecule has 0 atom stereocenters. The van der Waals surface area contributed by atoms with Gasteiger partial charge < -0.3 is 5.11 Å². The molecule has 19 heavy (non-hydrogen) atoms. The monoisotopic (exact) mass is 287 g/mol. The van der Waals surface area contributed by atoms with E-state index in [4.69, 9.17) is 5.11 Å². The highest BCUT2D eigenvalue weighted by molar-refractivity contribution is 7.89. The molecule has 0 saturated heterocycles. The fourth-order valence-corrected chi connectivity index (χ4v) is 3.92. The summed E-state index contributed by atoms with van der Waals surface area (Å²) in [5, 5.41) is 15.1. The molecule has 3 N–H and O–H groups in total. The summed E-state index contributed by atoms with van der Waals surface area (Å²) in [6.07, 6.45) is 1.32. The lowest BCUT2D eigenvalue weighted by Crippen LogP contribution is -2.28. The first-order valence-electron chi connectivity index (χ1n) is 6.27. The molecule has 0 spiro atoms. The lowest BCUT2D eigenvalue weighted by molar-refractivity contribution is 0.278. The number of H-pyrrole nitrogens is 1. The fraction of sp³-hybridized carbons (Fsp3) is 0.750. The minimum absolute atomic E-state index is 0.0498. The van der Waals surface area contributed by atoms with Crippen molar-refractivity contribution in [2.75, 3.05) is 6.54 Å². The Kier molecular flexibility index (Phi) is 3.27. The maximum Gasteiger partial charge on any atom is 0.257 e.